The number of nitrogen functional groups attached to an aromatic ring is 1. The molecule has 174 valence electrons. The smallest absolute Gasteiger partial charge is 0.299 e. The predicted octanol–water partition coefficient (Wildman–Crippen LogP) is 3.21. The molecule has 0 saturated carbocycles. The van der Waals surface area contributed by atoms with Crippen molar-refractivity contribution in [2.75, 3.05) is 30.7 Å². The van der Waals surface area contributed by atoms with Gasteiger partial charge < -0.3 is 26.5 Å². The molecule has 2 aromatic rings. The van der Waals surface area contributed by atoms with Crippen LogP contribution >= 0.6 is 0 Å². The molecule has 33 heavy (non-hydrogen) atoms. The summed E-state index contributed by atoms with van der Waals surface area (Å²) in [4.78, 5) is 21.3. The van der Waals surface area contributed by atoms with E-state index in [9.17, 15) is 4.79 Å². The highest BCUT2D eigenvalue weighted by molar-refractivity contribution is 6.50. The van der Waals surface area contributed by atoms with Gasteiger partial charge in [0.1, 0.15) is 12.0 Å². The molecular weight excluding hydrogens is 418 g/mol. The van der Waals surface area contributed by atoms with Crippen LogP contribution in [0, 0.1) is 11.3 Å². The molecule has 1 atom stereocenters. The van der Waals surface area contributed by atoms with Crippen molar-refractivity contribution in [3.63, 3.8) is 0 Å². The van der Waals surface area contributed by atoms with Crippen LogP contribution in [0.15, 0.2) is 52.9 Å². The van der Waals surface area contributed by atoms with Crippen LogP contribution in [0.25, 0.3) is 5.57 Å². The second-order valence-electron chi connectivity index (χ2n) is 7.89. The van der Waals surface area contributed by atoms with E-state index in [2.05, 4.69) is 27.2 Å². The van der Waals surface area contributed by atoms with Crippen molar-refractivity contribution in [1.29, 1.82) is 5.41 Å². The standard InChI is InChI=1S/C24H31N7O2/c1-2-30-24-31-21(15-33-24)23(32)22(27)19-12-17(5-6-20(19)26)18(13-25)14-29-11-8-16-4-3-9-28-10-7-16/h2,5-6,12-16,27-28H,1,3-4,7-11,25-26H2,(H,30,31). The van der Waals surface area contributed by atoms with Crippen LogP contribution in [0.5, 0.6) is 0 Å². The van der Waals surface area contributed by atoms with Crippen LogP contribution in [0.1, 0.15) is 47.3 Å². The van der Waals surface area contributed by atoms with Gasteiger partial charge in [-0.25, -0.2) is 0 Å². The van der Waals surface area contributed by atoms with Gasteiger partial charge in [0.25, 0.3) is 6.01 Å². The summed E-state index contributed by atoms with van der Waals surface area (Å²) in [6.07, 6.45) is 10.4. The Labute approximate surface area is 193 Å². The topological polar surface area (TPSA) is 155 Å². The normalized spacial score (nSPS) is 17.0. The summed E-state index contributed by atoms with van der Waals surface area (Å²) in [6.45, 7) is 6.41. The molecule has 1 aromatic carbocycles. The minimum absolute atomic E-state index is 0.000909. The number of Topliss-reactive ketones (excluding diaryl/α,β-unsaturated/α-hetero) is 1. The summed E-state index contributed by atoms with van der Waals surface area (Å²) in [5, 5.41) is 14.5. The van der Waals surface area contributed by atoms with E-state index in [4.69, 9.17) is 21.3 Å². The molecule has 1 saturated heterocycles. The van der Waals surface area contributed by atoms with Crippen LogP contribution in [-0.2, 0) is 0 Å². The SMILES string of the molecule is C=CNc1nc(C(=O)C(=N)c2cc(C(C=NCCC3CCCNCC3)=CN)ccc2N)co1. The third-order valence-electron chi connectivity index (χ3n) is 5.62. The molecule has 1 fully saturated rings. The number of anilines is 2. The lowest BCUT2D eigenvalue weighted by atomic mass is 9.97. The predicted molar refractivity (Wildman–Crippen MR) is 133 cm³/mol. The first-order valence-electron chi connectivity index (χ1n) is 11.0. The maximum absolute atomic E-state index is 12.7. The third kappa shape index (κ3) is 6.39. The molecule has 1 aliphatic rings. The van der Waals surface area contributed by atoms with Crippen LogP contribution in [-0.4, -0.2) is 42.3 Å². The minimum Gasteiger partial charge on any atom is -0.431 e. The monoisotopic (exact) mass is 449 g/mol. The van der Waals surface area contributed by atoms with Gasteiger partial charge in [-0.2, -0.15) is 4.98 Å². The summed E-state index contributed by atoms with van der Waals surface area (Å²) in [5.74, 6) is 0.0836. The van der Waals surface area contributed by atoms with Crippen molar-refractivity contribution in [2.24, 2.45) is 16.6 Å². The number of nitrogens with two attached hydrogens (primary N) is 2. The zero-order chi connectivity index (χ0) is 23.6. The van der Waals surface area contributed by atoms with Crippen molar-refractivity contribution in [3.05, 3.63) is 60.3 Å². The second kappa shape index (κ2) is 11.8. The second-order valence-corrected chi connectivity index (χ2v) is 7.89. The number of nitrogens with one attached hydrogen (secondary N) is 3. The van der Waals surface area contributed by atoms with Crippen LogP contribution in [0.4, 0.5) is 11.7 Å². The largest absolute Gasteiger partial charge is 0.431 e. The van der Waals surface area contributed by atoms with Crippen LogP contribution in [0.3, 0.4) is 0 Å². The lowest BCUT2D eigenvalue weighted by Crippen LogP contribution is -2.17. The fraction of sp³-hybridized carbons (Fsp3) is 0.333. The zero-order valence-electron chi connectivity index (χ0n) is 18.6. The molecule has 1 aliphatic heterocycles. The van der Waals surface area contributed by atoms with Gasteiger partial charge >= 0.3 is 0 Å². The summed E-state index contributed by atoms with van der Waals surface area (Å²) in [7, 11) is 0. The maximum atomic E-state index is 12.7. The number of oxazole rings is 1. The van der Waals surface area contributed by atoms with E-state index < -0.39 is 5.78 Å². The lowest BCUT2D eigenvalue weighted by molar-refractivity contribution is 0.106. The summed E-state index contributed by atoms with van der Waals surface area (Å²) in [6, 6.07) is 5.23. The molecule has 2 heterocycles. The molecular formula is C24H31N7O2. The van der Waals surface area contributed by atoms with Crippen LogP contribution < -0.4 is 22.1 Å². The third-order valence-corrected chi connectivity index (χ3v) is 5.62. The fourth-order valence-corrected chi connectivity index (χ4v) is 3.75. The van der Waals surface area contributed by atoms with Crippen molar-refractivity contribution in [3.8, 4) is 0 Å². The Morgan fingerprint density at radius 3 is 3.03 bits per heavy atom. The highest BCUT2D eigenvalue weighted by atomic mass is 16.4. The van der Waals surface area contributed by atoms with Gasteiger partial charge in [-0.1, -0.05) is 12.6 Å². The Morgan fingerprint density at radius 2 is 2.24 bits per heavy atom. The average Bonchev–Trinajstić information content (AvgIpc) is 3.13. The van der Waals surface area contributed by atoms with Gasteiger partial charge in [0.05, 0.1) is 0 Å². The van der Waals surface area contributed by atoms with E-state index in [-0.39, 0.29) is 23.0 Å². The Balaban J connectivity index is 1.69. The Morgan fingerprint density at radius 1 is 1.39 bits per heavy atom. The number of rotatable bonds is 10. The van der Waals surface area contributed by atoms with Crippen LogP contribution in [0.2, 0.25) is 0 Å². The molecule has 0 amide bonds. The van der Waals surface area contributed by atoms with Gasteiger partial charge in [0.2, 0.25) is 5.78 Å². The minimum atomic E-state index is -0.607. The number of benzene rings is 1. The van der Waals surface area contributed by atoms with E-state index in [0.717, 1.165) is 31.6 Å². The van der Waals surface area contributed by atoms with Gasteiger partial charge in [-0.05, 0) is 68.6 Å². The number of allylic oxidation sites excluding steroid dienone is 1. The Hall–Kier alpha value is -3.72. The molecule has 0 spiro atoms. The van der Waals surface area contributed by atoms with Gasteiger partial charge in [0, 0.05) is 35.8 Å². The average molecular weight is 450 g/mol. The number of aromatic nitrogens is 1. The van der Waals surface area contributed by atoms with Gasteiger partial charge in [-0.15, -0.1) is 0 Å². The molecule has 3 rings (SSSR count). The van der Waals surface area contributed by atoms with E-state index >= 15 is 0 Å². The summed E-state index contributed by atoms with van der Waals surface area (Å²) < 4.78 is 5.14. The molecule has 0 radical (unpaired) electrons. The molecule has 9 nitrogen and oxygen atoms in total. The number of carbonyl (C=O) groups excluding carboxylic acids is 1. The first-order chi connectivity index (χ1) is 16.0. The first-order valence-corrected chi connectivity index (χ1v) is 11.0. The molecule has 9 heteroatoms. The Bertz CT molecular complexity index is 1050. The van der Waals surface area contributed by atoms with Crippen molar-refractivity contribution in [2.45, 2.75) is 25.7 Å². The van der Waals surface area contributed by atoms with E-state index in [0.29, 0.717) is 17.2 Å². The highest BCUT2D eigenvalue weighted by Crippen LogP contribution is 2.22. The van der Waals surface area contributed by atoms with Gasteiger partial charge in [-0.3, -0.25) is 15.2 Å². The number of hydrogen-bond donors (Lipinski definition) is 5. The van der Waals surface area contributed by atoms with Crippen molar-refractivity contribution >= 4 is 35.0 Å². The quantitative estimate of drug-likeness (QED) is 0.212. The number of hydrogen-bond acceptors (Lipinski definition) is 9. The summed E-state index contributed by atoms with van der Waals surface area (Å²) in [5.41, 5.74) is 13.6. The molecule has 7 N–H and O–H groups in total. The van der Waals surface area contributed by atoms with E-state index in [1.165, 1.54) is 37.9 Å². The zero-order valence-corrected chi connectivity index (χ0v) is 18.6. The first kappa shape index (κ1) is 23.9. The number of ketones is 1. The number of nitrogens with zero attached hydrogens (tertiary/aromatic N) is 2. The van der Waals surface area contributed by atoms with E-state index in [1.54, 1.807) is 24.4 Å². The van der Waals surface area contributed by atoms with Crippen molar-refractivity contribution in [1.82, 2.24) is 10.3 Å². The molecule has 1 unspecified atom stereocenters. The summed E-state index contributed by atoms with van der Waals surface area (Å²) >= 11 is 0. The number of carbonyl (C=O) groups is 1. The molecule has 1 aromatic heterocycles. The molecule has 0 aliphatic carbocycles. The number of aliphatic imine (C=N–C) groups is 1. The lowest BCUT2D eigenvalue weighted by Gasteiger charge is -2.11. The van der Waals surface area contributed by atoms with E-state index in [1.807, 2.05) is 0 Å². The fourth-order valence-electron chi connectivity index (χ4n) is 3.75. The maximum Gasteiger partial charge on any atom is 0.299 e. The van der Waals surface area contributed by atoms with Gasteiger partial charge in [0.15, 0.2) is 5.69 Å². The highest BCUT2D eigenvalue weighted by Gasteiger charge is 2.21. The van der Waals surface area contributed by atoms with Crippen molar-refractivity contribution < 1.29 is 9.21 Å². The Kier molecular flexibility index (Phi) is 8.54. The molecule has 0 bridgehead atoms.